The van der Waals surface area contributed by atoms with Gasteiger partial charge in [0.15, 0.2) is 15.9 Å². The fourth-order valence-electron chi connectivity index (χ4n) is 2.52. The van der Waals surface area contributed by atoms with Gasteiger partial charge in [0.1, 0.15) is 17.2 Å². The maximum absolute atomic E-state index is 12.5. The summed E-state index contributed by atoms with van der Waals surface area (Å²) in [6.45, 7) is 0. The molecule has 4 rings (SSSR count). The van der Waals surface area contributed by atoms with Crippen molar-refractivity contribution < 1.29 is 18.7 Å². The van der Waals surface area contributed by atoms with Gasteiger partial charge in [-0.05, 0) is 24.3 Å². The predicted octanol–water partition coefficient (Wildman–Crippen LogP) is 4.80. The number of hydrogen-bond donors (Lipinski definition) is 1. The average molecular weight is 413 g/mol. The van der Waals surface area contributed by atoms with Gasteiger partial charge in [-0.25, -0.2) is 9.97 Å². The smallest absolute Gasteiger partial charge is 0.276 e. The Hall–Kier alpha value is -3.17. The lowest BCUT2D eigenvalue weighted by Crippen LogP contribution is -2.12. The topological polar surface area (TPSA) is 86.5 Å². The predicted molar refractivity (Wildman–Crippen MR) is 108 cm³/mol. The van der Waals surface area contributed by atoms with Gasteiger partial charge in [0.25, 0.3) is 5.91 Å². The summed E-state index contributed by atoms with van der Waals surface area (Å²) in [6, 6.07) is 9.07. The highest BCUT2D eigenvalue weighted by atomic mass is 32.1. The van der Waals surface area contributed by atoms with Crippen LogP contribution in [0.25, 0.3) is 22.0 Å². The molecule has 0 saturated carbocycles. The molecule has 142 valence electrons. The maximum Gasteiger partial charge on any atom is 0.276 e. The van der Waals surface area contributed by atoms with Crippen LogP contribution in [0.4, 0.5) is 5.13 Å². The molecule has 0 saturated heterocycles. The molecule has 9 heteroatoms. The number of anilines is 1. The molecule has 4 aromatic rings. The van der Waals surface area contributed by atoms with E-state index in [1.54, 1.807) is 44.1 Å². The second-order valence-corrected chi connectivity index (χ2v) is 7.29. The lowest BCUT2D eigenvalue weighted by atomic mass is 10.1. The molecule has 0 radical (unpaired) electrons. The molecular formula is C19H15N3O4S2. The van der Waals surface area contributed by atoms with Crippen molar-refractivity contribution >= 4 is 33.7 Å². The maximum atomic E-state index is 12.5. The third-order valence-corrected chi connectivity index (χ3v) is 5.49. The third kappa shape index (κ3) is 3.62. The van der Waals surface area contributed by atoms with E-state index in [4.69, 9.17) is 13.9 Å². The van der Waals surface area contributed by atoms with E-state index in [9.17, 15) is 4.79 Å². The molecule has 3 aromatic heterocycles. The number of aromatic nitrogens is 2. The largest absolute Gasteiger partial charge is 0.497 e. The molecule has 0 spiro atoms. The minimum Gasteiger partial charge on any atom is -0.497 e. The molecule has 1 N–H and O–H groups in total. The fourth-order valence-corrected chi connectivity index (χ4v) is 3.99. The first kappa shape index (κ1) is 18.2. The molecule has 1 aromatic carbocycles. The van der Waals surface area contributed by atoms with E-state index in [1.807, 2.05) is 17.5 Å². The summed E-state index contributed by atoms with van der Waals surface area (Å²) in [5, 5.41) is 7.46. The summed E-state index contributed by atoms with van der Waals surface area (Å²) in [5.41, 5.74) is 1.83. The highest BCUT2D eigenvalue weighted by molar-refractivity contribution is 7.14. The Morgan fingerprint density at radius 3 is 2.75 bits per heavy atom. The first-order valence-corrected chi connectivity index (χ1v) is 9.92. The number of nitrogens with one attached hydrogen (secondary N) is 1. The lowest BCUT2D eigenvalue weighted by Gasteiger charge is -2.08. The Morgan fingerprint density at radius 2 is 2.00 bits per heavy atom. The van der Waals surface area contributed by atoms with Crippen LogP contribution in [0.5, 0.6) is 11.5 Å². The van der Waals surface area contributed by atoms with Crippen molar-refractivity contribution in [2.75, 3.05) is 19.5 Å². The van der Waals surface area contributed by atoms with E-state index in [1.165, 1.54) is 22.7 Å². The van der Waals surface area contributed by atoms with Crippen molar-refractivity contribution in [1.29, 1.82) is 0 Å². The van der Waals surface area contributed by atoms with E-state index in [0.717, 1.165) is 5.56 Å². The first-order chi connectivity index (χ1) is 13.7. The number of thiazole rings is 2. The molecule has 0 atom stereocenters. The number of ether oxygens (including phenoxy) is 2. The Balaban J connectivity index is 1.52. The SMILES string of the molecule is COc1ccc(-c2csc(NC(=O)c3csc(-c4ccco4)n3)n2)c(OC)c1. The van der Waals surface area contributed by atoms with Gasteiger partial charge in [0.2, 0.25) is 0 Å². The number of carbonyl (C=O) groups is 1. The van der Waals surface area contributed by atoms with Crippen LogP contribution in [0.3, 0.4) is 0 Å². The Kier molecular flexibility index (Phi) is 5.09. The summed E-state index contributed by atoms with van der Waals surface area (Å²) in [4.78, 5) is 21.3. The minimum absolute atomic E-state index is 0.315. The number of rotatable bonds is 6. The van der Waals surface area contributed by atoms with Crippen molar-refractivity contribution in [2.24, 2.45) is 0 Å². The molecule has 3 heterocycles. The Labute approximate surface area is 168 Å². The number of furan rings is 1. The van der Waals surface area contributed by atoms with Gasteiger partial charge in [-0.1, -0.05) is 0 Å². The van der Waals surface area contributed by atoms with Gasteiger partial charge in [-0.2, -0.15) is 0 Å². The minimum atomic E-state index is -0.323. The number of methoxy groups -OCH3 is 2. The lowest BCUT2D eigenvalue weighted by molar-refractivity contribution is 0.102. The average Bonchev–Trinajstić information content (AvgIpc) is 3.48. The third-order valence-electron chi connectivity index (χ3n) is 3.88. The molecule has 0 aliphatic carbocycles. The number of nitrogens with zero attached hydrogens (tertiary/aromatic N) is 2. The van der Waals surface area contributed by atoms with Crippen LogP contribution in [-0.4, -0.2) is 30.1 Å². The monoisotopic (exact) mass is 413 g/mol. The van der Waals surface area contributed by atoms with Crippen molar-refractivity contribution in [3.8, 4) is 33.5 Å². The van der Waals surface area contributed by atoms with Gasteiger partial charge in [-0.15, -0.1) is 22.7 Å². The second-order valence-electron chi connectivity index (χ2n) is 5.57. The van der Waals surface area contributed by atoms with Crippen molar-refractivity contribution in [3.05, 3.63) is 53.0 Å². The van der Waals surface area contributed by atoms with Crippen LogP contribution >= 0.6 is 22.7 Å². The summed E-state index contributed by atoms with van der Waals surface area (Å²) in [5.74, 6) is 1.65. The number of benzene rings is 1. The molecule has 0 fully saturated rings. The van der Waals surface area contributed by atoms with Crippen LogP contribution < -0.4 is 14.8 Å². The quantitative estimate of drug-likeness (QED) is 0.489. The molecular weight excluding hydrogens is 398 g/mol. The summed E-state index contributed by atoms with van der Waals surface area (Å²) >= 11 is 2.67. The molecule has 0 bridgehead atoms. The summed E-state index contributed by atoms with van der Waals surface area (Å²) in [7, 11) is 3.19. The zero-order valence-electron chi connectivity index (χ0n) is 15.0. The zero-order valence-corrected chi connectivity index (χ0v) is 16.6. The van der Waals surface area contributed by atoms with Gasteiger partial charge in [-0.3, -0.25) is 10.1 Å². The van der Waals surface area contributed by atoms with Gasteiger partial charge < -0.3 is 13.9 Å². The van der Waals surface area contributed by atoms with E-state index < -0.39 is 0 Å². The van der Waals surface area contributed by atoms with Gasteiger partial charge >= 0.3 is 0 Å². The van der Waals surface area contributed by atoms with Gasteiger partial charge in [0, 0.05) is 22.4 Å². The molecule has 0 unspecified atom stereocenters. The molecule has 0 aliphatic heterocycles. The molecule has 7 nitrogen and oxygen atoms in total. The van der Waals surface area contributed by atoms with Crippen LogP contribution in [0.1, 0.15) is 10.5 Å². The van der Waals surface area contributed by atoms with E-state index in [2.05, 4.69) is 15.3 Å². The van der Waals surface area contributed by atoms with Gasteiger partial charge in [0.05, 0.1) is 26.2 Å². The van der Waals surface area contributed by atoms with Crippen LogP contribution in [0.15, 0.2) is 51.8 Å². The zero-order chi connectivity index (χ0) is 19.5. The second kappa shape index (κ2) is 7.83. The summed E-state index contributed by atoms with van der Waals surface area (Å²) in [6.07, 6.45) is 1.57. The first-order valence-electron chi connectivity index (χ1n) is 8.16. The molecule has 1 amide bonds. The Bertz CT molecular complexity index is 1100. The van der Waals surface area contributed by atoms with E-state index >= 15 is 0 Å². The van der Waals surface area contributed by atoms with Crippen molar-refractivity contribution in [2.45, 2.75) is 0 Å². The molecule has 0 aliphatic rings. The number of hydrogen-bond acceptors (Lipinski definition) is 8. The van der Waals surface area contributed by atoms with Crippen LogP contribution in [-0.2, 0) is 0 Å². The van der Waals surface area contributed by atoms with E-state index in [-0.39, 0.29) is 5.91 Å². The standard InChI is InChI=1S/C19H15N3O4S2/c1-24-11-5-6-12(16(8-11)25-2)13-9-28-19(21-13)22-17(23)14-10-27-18(20-14)15-4-3-7-26-15/h3-10H,1-2H3,(H,21,22,23). The van der Waals surface area contributed by atoms with Crippen molar-refractivity contribution in [1.82, 2.24) is 9.97 Å². The van der Waals surface area contributed by atoms with Crippen LogP contribution in [0.2, 0.25) is 0 Å². The highest BCUT2D eigenvalue weighted by Gasteiger charge is 2.16. The molecule has 28 heavy (non-hydrogen) atoms. The van der Waals surface area contributed by atoms with E-state index in [0.29, 0.717) is 38.8 Å². The Morgan fingerprint density at radius 1 is 1.11 bits per heavy atom. The number of amides is 1. The van der Waals surface area contributed by atoms with Crippen LogP contribution in [0, 0.1) is 0 Å². The summed E-state index contributed by atoms with van der Waals surface area (Å²) < 4.78 is 15.9. The highest BCUT2D eigenvalue weighted by Crippen LogP contribution is 2.35. The van der Waals surface area contributed by atoms with Crippen molar-refractivity contribution in [3.63, 3.8) is 0 Å². The number of carbonyl (C=O) groups excluding carboxylic acids is 1. The normalized spacial score (nSPS) is 10.6. The fraction of sp³-hybridized carbons (Fsp3) is 0.105.